The number of hydrogen-bond acceptors (Lipinski definition) is 6. The summed E-state index contributed by atoms with van der Waals surface area (Å²) in [6.07, 6.45) is 2.42. The molecular formula is C22H22N6. The van der Waals surface area contributed by atoms with E-state index in [1.165, 1.54) is 11.9 Å². The molecule has 4 rings (SSSR count). The number of nitrogens with two attached hydrogens (primary N) is 1. The monoisotopic (exact) mass is 370 g/mol. The van der Waals surface area contributed by atoms with Crippen LogP contribution in [-0.2, 0) is 6.42 Å². The fourth-order valence-electron chi connectivity index (χ4n) is 3.15. The Labute approximate surface area is 163 Å². The van der Waals surface area contributed by atoms with Gasteiger partial charge in [0.15, 0.2) is 11.6 Å². The Morgan fingerprint density at radius 2 is 1.57 bits per heavy atom. The summed E-state index contributed by atoms with van der Waals surface area (Å²) in [5, 5.41) is 7.71. The van der Waals surface area contributed by atoms with Gasteiger partial charge in [-0.3, -0.25) is 4.98 Å². The van der Waals surface area contributed by atoms with Crippen LogP contribution in [0.3, 0.4) is 0 Å². The first-order chi connectivity index (χ1) is 13.7. The van der Waals surface area contributed by atoms with Crippen LogP contribution in [0.4, 0.5) is 28.7 Å². The number of pyridine rings is 1. The molecule has 0 aliphatic heterocycles. The molecule has 0 saturated carbocycles. The number of aromatic nitrogens is 3. The number of aryl methyl sites for hydroxylation is 2. The molecule has 0 amide bonds. The number of hydrogen-bond donors (Lipinski definition) is 3. The fourth-order valence-corrected chi connectivity index (χ4v) is 3.15. The number of anilines is 5. The normalized spacial score (nSPS) is 10.8. The largest absolute Gasteiger partial charge is 0.393 e. The van der Waals surface area contributed by atoms with Crippen LogP contribution in [0, 0.1) is 6.92 Å². The van der Waals surface area contributed by atoms with Crippen molar-refractivity contribution in [2.75, 3.05) is 16.4 Å². The molecule has 6 nitrogen and oxygen atoms in total. The summed E-state index contributed by atoms with van der Waals surface area (Å²) in [4.78, 5) is 13.3. The van der Waals surface area contributed by atoms with Crippen molar-refractivity contribution in [2.45, 2.75) is 20.3 Å². The maximum absolute atomic E-state index is 6.37. The van der Waals surface area contributed by atoms with E-state index in [-0.39, 0.29) is 0 Å². The maximum Gasteiger partial charge on any atom is 0.159 e. The van der Waals surface area contributed by atoms with Crippen LogP contribution in [-0.4, -0.2) is 15.0 Å². The highest BCUT2D eigenvalue weighted by Gasteiger charge is 2.12. The fraction of sp³-hybridized carbons (Fsp3) is 0.136. The summed E-state index contributed by atoms with van der Waals surface area (Å²) < 4.78 is 0. The Morgan fingerprint density at radius 1 is 0.857 bits per heavy atom. The molecule has 0 atom stereocenters. The number of rotatable bonds is 5. The Balaban J connectivity index is 1.69. The number of fused-ring (bicyclic) bond motifs is 1. The van der Waals surface area contributed by atoms with Gasteiger partial charge < -0.3 is 16.4 Å². The van der Waals surface area contributed by atoms with Crippen LogP contribution in [0.2, 0.25) is 0 Å². The second-order valence-electron chi connectivity index (χ2n) is 6.58. The van der Waals surface area contributed by atoms with Gasteiger partial charge in [0.25, 0.3) is 0 Å². The second-order valence-corrected chi connectivity index (χ2v) is 6.58. The molecular weight excluding hydrogens is 348 g/mol. The highest BCUT2D eigenvalue weighted by Crippen LogP contribution is 2.31. The highest BCUT2D eigenvalue weighted by atomic mass is 15.1. The van der Waals surface area contributed by atoms with Crippen LogP contribution < -0.4 is 16.4 Å². The van der Waals surface area contributed by atoms with Crippen molar-refractivity contribution in [3.05, 3.63) is 72.2 Å². The van der Waals surface area contributed by atoms with Crippen molar-refractivity contribution in [1.29, 1.82) is 0 Å². The molecule has 0 saturated heterocycles. The van der Waals surface area contributed by atoms with Gasteiger partial charge in [-0.1, -0.05) is 43.3 Å². The summed E-state index contributed by atoms with van der Waals surface area (Å²) in [6.45, 7) is 4.09. The van der Waals surface area contributed by atoms with Gasteiger partial charge in [0.2, 0.25) is 0 Å². The predicted molar refractivity (Wildman–Crippen MR) is 115 cm³/mol. The lowest BCUT2D eigenvalue weighted by atomic mass is 10.1. The van der Waals surface area contributed by atoms with E-state index in [0.29, 0.717) is 17.3 Å². The number of nitrogen functional groups attached to an aromatic ring is 1. The van der Waals surface area contributed by atoms with Gasteiger partial charge in [0.05, 0.1) is 11.2 Å². The molecule has 4 aromatic rings. The molecule has 4 N–H and O–H groups in total. The number of nitrogens with zero attached hydrogens (tertiary/aromatic N) is 3. The maximum atomic E-state index is 6.37. The quantitative estimate of drug-likeness (QED) is 0.460. The van der Waals surface area contributed by atoms with Gasteiger partial charge in [-0.2, -0.15) is 0 Å². The van der Waals surface area contributed by atoms with E-state index in [1.54, 1.807) is 0 Å². The Bertz CT molecular complexity index is 1140. The zero-order valence-electron chi connectivity index (χ0n) is 15.9. The summed E-state index contributed by atoms with van der Waals surface area (Å²) in [5.41, 5.74) is 11.7. The Kier molecular flexibility index (Phi) is 4.76. The minimum Gasteiger partial charge on any atom is -0.393 e. The average molecular weight is 370 g/mol. The van der Waals surface area contributed by atoms with E-state index in [9.17, 15) is 0 Å². The molecule has 2 aromatic carbocycles. The Hall–Kier alpha value is -3.67. The van der Waals surface area contributed by atoms with Crippen molar-refractivity contribution < 1.29 is 0 Å². The van der Waals surface area contributed by atoms with E-state index in [1.807, 2.05) is 49.4 Å². The lowest BCUT2D eigenvalue weighted by molar-refractivity contribution is 1.13. The highest BCUT2D eigenvalue weighted by molar-refractivity contribution is 5.93. The van der Waals surface area contributed by atoms with E-state index in [0.717, 1.165) is 34.4 Å². The van der Waals surface area contributed by atoms with Crippen LogP contribution in [0.25, 0.3) is 10.9 Å². The lowest BCUT2D eigenvalue weighted by Gasteiger charge is -2.15. The Morgan fingerprint density at radius 3 is 2.36 bits per heavy atom. The molecule has 140 valence electrons. The molecule has 0 aliphatic rings. The van der Waals surface area contributed by atoms with Gasteiger partial charge in [-0.15, -0.1) is 0 Å². The number of para-hydroxylation sites is 2. The zero-order valence-corrected chi connectivity index (χ0v) is 15.9. The lowest BCUT2D eigenvalue weighted by Crippen LogP contribution is -2.06. The van der Waals surface area contributed by atoms with Crippen LogP contribution in [0.15, 0.2) is 60.9 Å². The molecule has 0 radical (unpaired) electrons. The first-order valence-electron chi connectivity index (χ1n) is 9.24. The SMILES string of the molecule is CCc1ccccc1Nc1ncnc(Nc2cccc3ccc(C)nc23)c1N. The second kappa shape index (κ2) is 7.52. The summed E-state index contributed by atoms with van der Waals surface area (Å²) in [5.74, 6) is 1.12. The van der Waals surface area contributed by atoms with E-state index < -0.39 is 0 Å². The molecule has 0 aliphatic carbocycles. The third-order valence-corrected chi connectivity index (χ3v) is 4.65. The smallest absolute Gasteiger partial charge is 0.159 e. The molecule has 0 fully saturated rings. The molecule has 28 heavy (non-hydrogen) atoms. The predicted octanol–water partition coefficient (Wildman–Crippen LogP) is 4.97. The van der Waals surface area contributed by atoms with Gasteiger partial charge in [0.1, 0.15) is 12.0 Å². The molecule has 0 unspecified atom stereocenters. The first-order valence-corrected chi connectivity index (χ1v) is 9.24. The molecule has 0 spiro atoms. The molecule has 2 heterocycles. The third kappa shape index (κ3) is 3.44. The van der Waals surface area contributed by atoms with Crippen molar-refractivity contribution in [2.24, 2.45) is 0 Å². The van der Waals surface area contributed by atoms with E-state index in [2.05, 4.69) is 44.6 Å². The van der Waals surface area contributed by atoms with Gasteiger partial charge in [0, 0.05) is 16.8 Å². The molecule has 0 bridgehead atoms. The number of benzene rings is 2. The minimum absolute atomic E-state index is 0.457. The summed E-state index contributed by atoms with van der Waals surface area (Å²) >= 11 is 0. The van der Waals surface area contributed by atoms with E-state index >= 15 is 0 Å². The minimum atomic E-state index is 0.457. The summed E-state index contributed by atoms with van der Waals surface area (Å²) in [6, 6.07) is 18.2. The topological polar surface area (TPSA) is 88.8 Å². The van der Waals surface area contributed by atoms with Crippen molar-refractivity contribution >= 4 is 39.6 Å². The van der Waals surface area contributed by atoms with Crippen LogP contribution in [0.5, 0.6) is 0 Å². The van der Waals surface area contributed by atoms with Crippen molar-refractivity contribution in [3.8, 4) is 0 Å². The first kappa shape index (κ1) is 17.7. The summed E-state index contributed by atoms with van der Waals surface area (Å²) in [7, 11) is 0. The van der Waals surface area contributed by atoms with Gasteiger partial charge in [-0.05, 0) is 37.1 Å². The number of nitrogens with one attached hydrogen (secondary N) is 2. The van der Waals surface area contributed by atoms with Gasteiger partial charge >= 0.3 is 0 Å². The standard InChI is InChI=1S/C22H22N6/c1-3-15-7-4-5-9-17(15)27-21-19(23)22(25-13-24-21)28-18-10-6-8-16-12-11-14(2)26-20(16)18/h4-13H,3,23H2,1-2H3,(H2,24,25,27,28). The molecule has 6 heteroatoms. The van der Waals surface area contributed by atoms with Gasteiger partial charge in [-0.25, -0.2) is 9.97 Å². The van der Waals surface area contributed by atoms with Crippen molar-refractivity contribution in [3.63, 3.8) is 0 Å². The molecule has 2 aromatic heterocycles. The van der Waals surface area contributed by atoms with Crippen LogP contribution >= 0.6 is 0 Å². The van der Waals surface area contributed by atoms with Crippen molar-refractivity contribution in [1.82, 2.24) is 15.0 Å². The van der Waals surface area contributed by atoms with Crippen LogP contribution in [0.1, 0.15) is 18.2 Å². The zero-order chi connectivity index (χ0) is 19.5. The average Bonchev–Trinajstić information content (AvgIpc) is 2.71. The third-order valence-electron chi connectivity index (χ3n) is 4.65. The van der Waals surface area contributed by atoms with E-state index in [4.69, 9.17) is 5.73 Å².